The lowest BCUT2D eigenvalue weighted by Gasteiger charge is -2.28. The molecule has 2 fully saturated rings. The van der Waals surface area contributed by atoms with Crippen LogP contribution in [0, 0.1) is 0 Å². The Kier molecular flexibility index (Phi) is 7.12. The van der Waals surface area contributed by atoms with Gasteiger partial charge in [0.25, 0.3) is 15.9 Å². The average Bonchev–Trinajstić information content (AvgIpc) is 3.76. The van der Waals surface area contributed by atoms with Crippen molar-refractivity contribution in [2.75, 3.05) is 13.1 Å². The van der Waals surface area contributed by atoms with E-state index in [4.69, 9.17) is 0 Å². The summed E-state index contributed by atoms with van der Waals surface area (Å²) in [7, 11) is -4.54. The third-order valence-corrected chi connectivity index (χ3v) is 11.7. The zero-order valence-electron chi connectivity index (χ0n) is 20.8. The van der Waals surface area contributed by atoms with E-state index in [-0.39, 0.29) is 31.0 Å². The SMILES string of the molecule is O=C(NC(Cc1cccs1)C(=O)N1CCC2C1C(=O)CN2S(=O)(=O)C(=O)c1ccccn1)c1cc2sccc2s1. The molecular weight excluding hydrogens is 593 g/mol. The zero-order chi connectivity index (χ0) is 28.0. The normalized spacial score (nSPS) is 20.1. The molecule has 4 aromatic heterocycles. The van der Waals surface area contributed by atoms with Crippen LogP contribution >= 0.6 is 34.0 Å². The van der Waals surface area contributed by atoms with Crippen LogP contribution in [-0.2, 0) is 26.0 Å². The number of amides is 2. The molecule has 2 amide bonds. The Bertz CT molecular complexity index is 1690. The number of carbonyl (C=O) groups is 4. The van der Waals surface area contributed by atoms with Crippen LogP contribution in [0.1, 0.15) is 31.5 Å². The maximum Gasteiger partial charge on any atom is 0.310 e. The lowest BCUT2D eigenvalue weighted by Crippen LogP contribution is -2.53. The number of nitrogens with one attached hydrogen (secondary N) is 1. The first-order valence-corrected chi connectivity index (χ1v) is 16.4. The fraction of sp³-hybridized carbons (Fsp3) is 0.269. The quantitative estimate of drug-likeness (QED) is 0.338. The highest BCUT2D eigenvalue weighted by Crippen LogP contribution is 2.34. The molecule has 0 radical (unpaired) electrons. The second kappa shape index (κ2) is 10.6. The van der Waals surface area contributed by atoms with Gasteiger partial charge in [-0.25, -0.2) is 8.42 Å². The van der Waals surface area contributed by atoms with Crippen molar-refractivity contribution >= 4 is 76.1 Å². The Morgan fingerprint density at radius 1 is 1.07 bits per heavy atom. The Balaban J connectivity index is 1.24. The van der Waals surface area contributed by atoms with Crippen LogP contribution in [0.3, 0.4) is 0 Å². The molecule has 0 saturated carbocycles. The molecule has 6 heterocycles. The highest BCUT2D eigenvalue weighted by Gasteiger charge is 2.55. The van der Waals surface area contributed by atoms with Crippen molar-refractivity contribution in [2.45, 2.75) is 31.0 Å². The van der Waals surface area contributed by atoms with Crippen molar-refractivity contribution in [3.8, 4) is 0 Å². The summed E-state index contributed by atoms with van der Waals surface area (Å²) in [5, 5.41) is 5.49. The summed E-state index contributed by atoms with van der Waals surface area (Å²) in [4.78, 5) is 59.6. The standard InChI is InChI=1S/C26H22N4O6S4/c31-19-14-30(40(35,36)26(34)16-5-1-2-8-27-16)18-6-9-29(23(18)19)25(33)17(12-15-4-3-10-37-15)28-24(32)22-13-21-20(39-22)7-11-38-21/h1-5,7-8,10-11,13,17-18,23H,6,9,12,14H2,(H,28,32). The number of Topliss-reactive ketones (excluding diaryl/α,β-unsaturated/α-hetero) is 1. The third kappa shape index (κ3) is 4.79. The van der Waals surface area contributed by atoms with Gasteiger partial charge in [-0.15, -0.1) is 34.0 Å². The zero-order valence-corrected chi connectivity index (χ0v) is 24.0. The predicted molar refractivity (Wildman–Crippen MR) is 152 cm³/mol. The number of pyridine rings is 1. The van der Waals surface area contributed by atoms with E-state index in [1.165, 1.54) is 57.2 Å². The van der Waals surface area contributed by atoms with E-state index >= 15 is 0 Å². The number of thiophene rings is 3. The van der Waals surface area contributed by atoms with Crippen LogP contribution in [0.2, 0.25) is 0 Å². The summed E-state index contributed by atoms with van der Waals surface area (Å²) in [5.74, 6) is -1.31. The first-order valence-electron chi connectivity index (χ1n) is 12.3. The van der Waals surface area contributed by atoms with Gasteiger partial charge in [0.1, 0.15) is 17.8 Å². The number of fused-ring (bicyclic) bond motifs is 2. The number of aromatic nitrogens is 1. The van der Waals surface area contributed by atoms with Gasteiger partial charge >= 0.3 is 5.12 Å². The summed E-state index contributed by atoms with van der Waals surface area (Å²) in [6.45, 7) is -0.386. The molecule has 0 spiro atoms. The van der Waals surface area contributed by atoms with E-state index < -0.39 is 51.5 Å². The minimum atomic E-state index is -4.54. The van der Waals surface area contributed by atoms with Gasteiger partial charge in [-0.1, -0.05) is 12.1 Å². The number of rotatable bonds is 7. The van der Waals surface area contributed by atoms with Crippen molar-refractivity contribution in [2.24, 2.45) is 0 Å². The lowest BCUT2D eigenvalue weighted by atomic mass is 10.1. The van der Waals surface area contributed by atoms with Crippen LogP contribution in [-0.4, -0.2) is 76.5 Å². The molecule has 2 saturated heterocycles. The number of sulfonamides is 1. The van der Waals surface area contributed by atoms with E-state index in [1.807, 2.05) is 29.0 Å². The second-order valence-corrected chi connectivity index (χ2v) is 14.3. The second-order valence-electron chi connectivity index (χ2n) is 9.42. The highest BCUT2D eigenvalue weighted by molar-refractivity contribution is 8.04. The fourth-order valence-electron chi connectivity index (χ4n) is 5.20. The third-order valence-electron chi connectivity index (χ3n) is 7.03. The Morgan fingerprint density at radius 3 is 2.65 bits per heavy atom. The molecule has 14 heteroatoms. The molecule has 206 valence electrons. The topological polar surface area (TPSA) is 134 Å². The number of nitrogens with zero attached hydrogens (tertiary/aromatic N) is 3. The van der Waals surface area contributed by atoms with E-state index in [1.54, 1.807) is 12.1 Å². The molecule has 0 aromatic carbocycles. The summed E-state index contributed by atoms with van der Waals surface area (Å²) in [6.07, 6.45) is 1.74. The van der Waals surface area contributed by atoms with Crippen molar-refractivity contribution in [1.29, 1.82) is 0 Å². The summed E-state index contributed by atoms with van der Waals surface area (Å²) >= 11 is 4.31. The van der Waals surface area contributed by atoms with Gasteiger partial charge < -0.3 is 10.2 Å². The summed E-state index contributed by atoms with van der Waals surface area (Å²) in [5.41, 5.74) is -0.239. The molecule has 10 nitrogen and oxygen atoms in total. The Hall–Kier alpha value is -3.30. The van der Waals surface area contributed by atoms with E-state index in [2.05, 4.69) is 10.3 Å². The molecule has 2 aliphatic heterocycles. The van der Waals surface area contributed by atoms with Gasteiger partial charge in [0.05, 0.1) is 17.5 Å². The highest BCUT2D eigenvalue weighted by atomic mass is 32.2. The molecule has 0 aliphatic carbocycles. The Morgan fingerprint density at radius 2 is 1.93 bits per heavy atom. The van der Waals surface area contributed by atoms with Crippen LogP contribution in [0.4, 0.5) is 0 Å². The molecule has 4 aromatic rings. The molecule has 3 atom stereocenters. The maximum absolute atomic E-state index is 13.9. The van der Waals surface area contributed by atoms with Crippen LogP contribution < -0.4 is 5.32 Å². The van der Waals surface area contributed by atoms with E-state index in [0.717, 1.165) is 18.6 Å². The van der Waals surface area contributed by atoms with Gasteiger partial charge in [-0.2, -0.15) is 4.31 Å². The monoisotopic (exact) mass is 614 g/mol. The number of carbonyl (C=O) groups excluding carboxylic acids is 4. The van der Waals surface area contributed by atoms with Gasteiger partial charge in [0.2, 0.25) is 5.91 Å². The maximum atomic E-state index is 13.9. The molecule has 2 aliphatic rings. The van der Waals surface area contributed by atoms with Crippen LogP contribution in [0.15, 0.2) is 59.4 Å². The molecule has 6 rings (SSSR count). The number of hydrogen-bond acceptors (Lipinski definition) is 10. The summed E-state index contributed by atoms with van der Waals surface area (Å²) < 4.78 is 29.3. The molecular formula is C26H22N4O6S4. The number of ketones is 1. The Labute approximate surface area is 241 Å². The van der Waals surface area contributed by atoms with Gasteiger partial charge in [-0.05, 0) is 47.5 Å². The number of hydrogen-bond donors (Lipinski definition) is 1. The van der Waals surface area contributed by atoms with E-state index in [9.17, 15) is 27.6 Å². The largest absolute Gasteiger partial charge is 0.339 e. The minimum Gasteiger partial charge on any atom is -0.339 e. The minimum absolute atomic E-state index is 0.120. The first-order chi connectivity index (χ1) is 19.2. The average molecular weight is 615 g/mol. The molecule has 3 unspecified atom stereocenters. The van der Waals surface area contributed by atoms with Crippen LogP contribution in [0.5, 0.6) is 0 Å². The van der Waals surface area contributed by atoms with Gasteiger partial charge in [0, 0.05) is 33.4 Å². The van der Waals surface area contributed by atoms with Crippen molar-refractivity contribution in [1.82, 2.24) is 19.5 Å². The van der Waals surface area contributed by atoms with Crippen molar-refractivity contribution in [3.63, 3.8) is 0 Å². The van der Waals surface area contributed by atoms with E-state index in [0.29, 0.717) is 4.88 Å². The smallest absolute Gasteiger partial charge is 0.310 e. The number of likely N-dealkylation sites (tertiary alicyclic amines) is 1. The predicted octanol–water partition coefficient (Wildman–Crippen LogP) is 2.78. The van der Waals surface area contributed by atoms with Crippen molar-refractivity contribution < 1.29 is 27.6 Å². The molecule has 0 bridgehead atoms. The molecule has 40 heavy (non-hydrogen) atoms. The van der Waals surface area contributed by atoms with Gasteiger partial charge in [0.15, 0.2) is 5.78 Å². The summed E-state index contributed by atoms with van der Waals surface area (Å²) in [6, 6.07) is 8.95. The van der Waals surface area contributed by atoms with Crippen molar-refractivity contribution in [3.05, 3.63) is 74.9 Å². The fourth-order valence-corrected chi connectivity index (χ4v) is 9.44. The molecule has 1 N–H and O–H groups in total. The lowest BCUT2D eigenvalue weighted by molar-refractivity contribution is -0.138. The van der Waals surface area contributed by atoms with Crippen LogP contribution in [0.25, 0.3) is 9.40 Å². The van der Waals surface area contributed by atoms with Gasteiger partial charge in [-0.3, -0.25) is 24.2 Å². The first kappa shape index (κ1) is 26.9.